The number of nitrogens with one attached hydrogen (secondary N) is 1. The van der Waals surface area contributed by atoms with Crippen molar-refractivity contribution < 1.29 is 15.0 Å². The zero-order valence-electron chi connectivity index (χ0n) is 19.3. The van der Waals surface area contributed by atoms with Crippen molar-refractivity contribution in [3.63, 3.8) is 0 Å². The van der Waals surface area contributed by atoms with E-state index in [0.29, 0.717) is 16.7 Å². The number of hydrogen-bond donors (Lipinski definition) is 4. The van der Waals surface area contributed by atoms with Gasteiger partial charge in [0.25, 0.3) is 5.91 Å². The molecule has 3 aromatic heterocycles. The molecule has 1 fully saturated rings. The van der Waals surface area contributed by atoms with Gasteiger partial charge >= 0.3 is 0 Å². The number of carbonyl (C=O) groups is 1. The first kappa shape index (κ1) is 22.2. The predicted octanol–water partition coefficient (Wildman–Crippen LogP) is 1.61. The summed E-state index contributed by atoms with van der Waals surface area (Å²) in [4.78, 5) is 35.5. The van der Waals surface area contributed by atoms with Gasteiger partial charge in [0.05, 0.1) is 35.1 Å². The van der Waals surface area contributed by atoms with Gasteiger partial charge < -0.3 is 30.4 Å². The quantitative estimate of drug-likeness (QED) is 0.356. The molecule has 0 radical (unpaired) electrons. The van der Waals surface area contributed by atoms with Crippen molar-refractivity contribution in [1.82, 2.24) is 34.4 Å². The molecule has 0 spiro atoms. The van der Waals surface area contributed by atoms with E-state index in [0.717, 1.165) is 16.9 Å². The number of fused-ring (bicyclic) bond motifs is 2. The number of amides is 1. The van der Waals surface area contributed by atoms with Gasteiger partial charge in [0, 0.05) is 31.0 Å². The fourth-order valence-electron chi connectivity index (χ4n) is 4.68. The van der Waals surface area contributed by atoms with Crippen LogP contribution in [0.5, 0.6) is 0 Å². The van der Waals surface area contributed by atoms with E-state index in [2.05, 4.69) is 24.9 Å². The maximum absolute atomic E-state index is 13.6. The van der Waals surface area contributed by atoms with E-state index >= 15 is 0 Å². The Kier molecular flexibility index (Phi) is 5.25. The van der Waals surface area contributed by atoms with Gasteiger partial charge in [0.2, 0.25) is 0 Å². The smallest absolute Gasteiger partial charge is 0.254 e. The maximum atomic E-state index is 13.6. The molecule has 5 rings (SSSR count). The summed E-state index contributed by atoms with van der Waals surface area (Å²) in [5.41, 5.74) is 7.53. The fourth-order valence-corrected chi connectivity index (χ4v) is 4.68. The van der Waals surface area contributed by atoms with Gasteiger partial charge in [-0.05, 0) is 25.1 Å². The third-order valence-electron chi connectivity index (χ3n) is 6.50. The van der Waals surface area contributed by atoms with Crippen LogP contribution in [0.1, 0.15) is 55.3 Å². The molecule has 0 saturated carbocycles. The topological polar surface area (TPSA) is 159 Å². The van der Waals surface area contributed by atoms with E-state index in [1.54, 1.807) is 34.9 Å². The summed E-state index contributed by atoms with van der Waals surface area (Å²) < 4.78 is 1.71. The molecule has 4 heterocycles. The average Bonchev–Trinajstić information content (AvgIpc) is 3.37. The van der Waals surface area contributed by atoms with E-state index in [1.165, 1.54) is 6.33 Å². The second-order valence-electron chi connectivity index (χ2n) is 9.53. The van der Waals surface area contributed by atoms with Crippen LogP contribution in [-0.4, -0.2) is 75.3 Å². The van der Waals surface area contributed by atoms with E-state index in [1.807, 2.05) is 19.9 Å². The van der Waals surface area contributed by atoms with Crippen molar-refractivity contribution >= 4 is 33.9 Å². The van der Waals surface area contributed by atoms with Gasteiger partial charge in [0.1, 0.15) is 17.7 Å². The Bertz CT molecular complexity index is 1380. The van der Waals surface area contributed by atoms with Gasteiger partial charge in [-0.2, -0.15) is 0 Å². The molecule has 11 nitrogen and oxygen atoms in total. The number of aromatic nitrogens is 6. The Morgan fingerprint density at radius 2 is 2.06 bits per heavy atom. The molecule has 1 amide bonds. The lowest BCUT2D eigenvalue weighted by molar-refractivity contribution is -0.0217. The number of aliphatic hydroxyl groups excluding tert-OH is 1. The molecule has 178 valence electrons. The number of benzene rings is 1. The molecule has 0 aliphatic carbocycles. The van der Waals surface area contributed by atoms with Crippen molar-refractivity contribution in [2.45, 2.75) is 50.9 Å². The fraction of sp³-hybridized carbons (Fsp3) is 0.435. The number of likely N-dealkylation sites (tertiary alicyclic amines) is 1. The molecular formula is C23H28N8O3. The molecule has 1 aliphatic heterocycles. The highest BCUT2D eigenvalue weighted by Gasteiger charge is 2.42. The summed E-state index contributed by atoms with van der Waals surface area (Å²) in [5.74, 6) is 1.08. The molecule has 4 aromatic rings. The number of anilines is 1. The minimum absolute atomic E-state index is 0.0824. The molecule has 0 unspecified atom stereocenters. The van der Waals surface area contributed by atoms with E-state index in [4.69, 9.17) is 5.73 Å². The molecular weight excluding hydrogens is 436 g/mol. The first-order valence-corrected chi connectivity index (χ1v) is 11.3. The monoisotopic (exact) mass is 464 g/mol. The van der Waals surface area contributed by atoms with Crippen molar-refractivity contribution in [3.8, 4) is 0 Å². The van der Waals surface area contributed by atoms with Crippen LogP contribution in [0.4, 0.5) is 5.82 Å². The maximum Gasteiger partial charge on any atom is 0.254 e. The van der Waals surface area contributed by atoms with Gasteiger partial charge in [-0.1, -0.05) is 13.8 Å². The number of β-amino-alcohol motifs (C(OH)–C–C–N with tert-alkyl or cyclic N) is 1. The Hall–Kier alpha value is -3.57. The lowest BCUT2D eigenvalue weighted by atomic mass is 9.91. The van der Waals surface area contributed by atoms with E-state index in [9.17, 15) is 15.0 Å². The zero-order chi connectivity index (χ0) is 24.2. The largest absolute Gasteiger partial charge is 0.391 e. The summed E-state index contributed by atoms with van der Waals surface area (Å²) in [7, 11) is 0. The number of imidazole rings is 2. The van der Waals surface area contributed by atoms with Crippen LogP contribution in [0.2, 0.25) is 0 Å². The number of aromatic amines is 1. The summed E-state index contributed by atoms with van der Waals surface area (Å²) in [5, 5.41) is 22.0. The van der Waals surface area contributed by atoms with Gasteiger partial charge in [-0.3, -0.25) is 4.79 Å². The SMILES string of the molecule is CC(C)c1nc2ccc(C(=O)N3C[C@@H](O)C[C@@](C)(O)[C@H](n4cnc5c(N)ncnc54)C3)cc2[nH]1. The number of H-pyrrole nitrogens is 1. The number of carbonyl (C=O) groups excluding carboxylic acids is 1. The van der Waals surface area contributed by atoms with Crippen molar-refractivity contribution in [3.05, 3.63) is 42.2 Å². The minimum Gasteiger partial charge on any atom is -0.391 e. The number of nitrogens with two attached hydrogens (primary N) is 1. The average molecular weight is 465 g/mol. The highest BCUT2D eigenvalue weighted by molar-refractivity contribution is 5.97. The Labute approximate surface area is 195 Å². The summed E-state index contributed by atoms with van der Waals surface area (Å²) in [6, 6.07) is 4.72. The molecule has 5 N–H and O–H groups in total. The Morgan fingerprint density at radius 3 is 2.82 bits per heavy atom. The molecule has 34 heavy (non-hydrogen) atoms. The van der Waals surface area contributed by atoms with Crippen molar-refractivity contribution in [2.24, 2.45) is 0 Å². The molecule has 11 heteroatoms. The standard InChI is InChI=1S/C23H28N8O3/c1-12(2)20-28-15-5-4-13(6-16(15)29-20)22(33)30-8-14(32)7-23(3,34)17(9-30)31-11-27-18-19(24)25-10-26-21(18)31/h4-6,10-12,14,17,32,34H,7-9H2,1-3H3,(H,28,29)(H2,24,25,26)/t14-,17+,23+/m0/s1. The van der Waals surface area contributed by atoms with Crippen LogP contribution in [-0.2, 0) is 0 Å². The number of rotatable bonds is 3. The Morgan fingerprint density at radius 1 is 1.26 bits per heavy atom. The number of aliphatic hydroxyl groups is 2. The third-order valence-corrected chi connectivity index (χ3v) is 6.50. The number of hydrogen-bond acceptors (Lipinski definition) is 8. The van der Waals surface area contributed by atoms with Gasteiger partial charge in [-0.25, -0.2) is 19.9 Å². The molecule has 1 saturated heterocycles. The van der Waals surface area contributed by atoms with Crippen LogP contribution < -0.4 is 5.73 Å². The normalized spacial score (nSPS) is 23.6. The molecule has 0 bridgehead atoms. The Balaban J connectivity index is 1.51. The minimum atomic E-state index is -1.33. The number of nitrogen functional groups attached to an aromatic ring is 1. The summed E-state index contributed by atoms with van der Waals surface area (Å²) >= 11 is 0. The van der Waals surface area contributed by atoms with Crippen LogP contribution in [0.25, 0.3) is 22.2 Å². The van der Waals surface area contributed by atoms with Gasteiger partial charge in [0.15, 0.2) is 11.5 Å². The second-order valence-corrected chi connectivity index (χ2v) is 9.53. The summed E-state index contributed by atoms with van der Waals surface area (Å²) in [6.07, 6.45) is 2.06. The van der Waals surface area contributed by atoms with Crippen LogP contribution >= 0.6 is 0 Å². The van der Waals surface area contributed by atoms with Crippen LogP contribution in [0.3, 0.4) is 0 Å². The van der Waals surface area contributed by atoms with E-state index < -0.39 is 17.7 Å². The molecule has 1 aliphatic rings. The van der Waals surface area contributed by atoms with Crippen molar-refractivity contribution in [1.29, 1.82) is 0 Å². The van der Waals surface area contributed by atoms with Crippen molar-refractivity contribution in [2.75, 3.05) is 18.8 Å². The first-order valence-electron chi connectivity index (χ1n) is 11.3. The highest BCUT2D eigenvalue weighted by atomic mass is 16.3. The zero-order valence-corrected chi connectivity index (χ0v) is 19.3. The molecule has 3 atom stereocenters. The summed E-state index contributed by atoms with van der Waals surface area (Å²) in [6.45, 7) is 5.99. The lowest BCUT2D eigenvalue weighted by Gasteiger charge is -2.34. The highest BCUT2D eigenvalue weighted by Crippen LogP contribution is 2.34. The van der Waals surface area contributed by atoms with Gasteiger partial charge in [-0.15, -0.1) is 0 Å². The first-order chi connectivity index (χ1) is 16.1. The second kappa shape index (κ2) is 8.03. The number of nitrogens with zero attached hydrogens (tertiary/aromatic N) is 6. The lowest BCUT2D eigenvalue weighted by Crippen LogP contribution is -2.42. The van der Waals surface area contributed by atoms with Crippen LogP contribution in [0, 0.1) is 0 Å². The van der Waals surface area contributed by atoms with Crippen LogP contribution in [0.15, 0.2) is 30.9 Å². The van der Waals surface area contributed by atoms with E-state index in [-0.39, 0.29) is 37.2 Å². The molecule has 1 aromatic carbocycles. The third kappa shape index (κ3) is 3.76. The predicted molar refractivity (Wildman–Crippen MR) is 126 cm³/mol.